The van der Waals surface area contributed by atoms with Crippen molar-refractivity contribution in [3.8, 4) is 0 Å². The summed E-state index contributed by atoms with van der Waals surface area (Å²) >= 11 is 0. The van der Waals surface area contributed by atoms with Gasteiger partial charge in [-0.1, -0.05) is 81.6 Å². The second kappa shape index (κ2) is 8.51. The van der Waals surface area contributed by atoms with Gasteiger partial charge in [-0.2, -0.15) is 0 Å². The van der Waals surface area contributed by atoms with Crippen molar-refractivity contribution in [3.63, 3.8) is 0 Å². The highest BCUT2D eigenvalue weighted by Gasteiger charge is 2.12. The topological polar surface area (TPSA) is 12.0 Å². The molecule has 0 radical (unpaired) electrons. The predicted molar refractivity (Wildman–Crippen MR) is 92.8 cm³/mol. The summed E-state index contributed by atoms with van der Waals surface area (Å²) in [6.07, 6.45) is 6.11. The first kappa shape index (κ1) is 15.6. The average Bonchev–Trinajstić information content (AvgIpc) is 2.55. The molecule has 21 heavy (non-hydrogen) atoms. The first-order valence-electron chi connectivity index (χ1n) is 8.24. The third-order valence-electron chi connectivity index (χ3n) is 4.03. The highest BCUT2D eigenvalue weighted by Crippen LogP contribution is 2.27. The van der Waals surface area contributed by atoms with Crippen molar-refractivity contribution >= 4 is 5.69 Å². The number of anilines is 1. The molecule has 2 aromatic carbocycles. The Morgan fingerprint density at radius 3 is 2.29 bits per heavy atom. The van der Waals surface area contributed by atoms with Gasteiger partial charge in [0.1, 0.15) is 0 Å². The summed E-state index contributed by atoms with van der Waals surface area (Å²) in [6.45, 7) is 4.48. The van der Waals surface area contributed by atoms with Gasteiger partial charge in [0.25, 0.3) is 0 Å². The molecule has 0 aliphatic carbocycles. The van der Waals surface area contributed by atoms with Crippen LogP contribution < -0.4 is 5.32 Å². The van der Waals surface area contributed by atoms with Gasteiger partial charge in [-0.15, -0.1) is 0 Å². The van der Waals surface area contributed by atoms with Crippen molar-refractivity contribution in [1.29, 1.82) is 0 Å². The number of unbranched alkanes of at least 4 members (excludes halogenated alkanes) is 2. The molecule has 1 atom stereocenters. The molecule has 0 saturated carbocycles. The van der Waals surface area contributed by atoms with E-state index in [1.54, 1.807) is 0 Å². The molecule has 0 aromatic heterocycles. The zero-order chi connectivity index (χ0) is 14.9. The molecular weight excluding hydrogens is 254 g/mol. The summed E-state index contributed by atoms with van der Waals surface area (Å²) in [5.74, 6) is 0. The van der Waals surface area contributed by atoms with Crippen molar-refractivity contribution in [1.82, 2.24) is 0 Å². The average molecular weight is 281 g/mol. The van der Waals surface area contributed by atoms with E-state index < -0.39 is 0 Å². The molecule has 0 amide bonds. The summed E-state index contributed by atoms with van der Waals surface area (Å²) in [5.41, 5.74) is 4.07. The molecule has 2 aromatic rings. The van der Waals surface area contributed by atoms with Crippen LogP contribution in [0.25, 0.3) is 0 Å². The van der Waals surface area contributed by atoms with Gasteiger partial charge >= 0.3 is 0 Å². The Labute approximate surface area is 129 Å². The Kier molecular flexibility index (Phi) is 6.33. The minimum Gasteiger partial charge on any atom is -0.378 e. The number of aryl methyl sites for hydroxylation is 1. The van der Waals surface area contributed by atoms with E-state index in [2.05, 4.69) is 73.8 Å². The monoisotopic (exact) mass is 281 g/mol. The van der Waals surface area contributed by atoms with Gasteiger partial charge in [-0.05, 0) is 30.0 Å². The van der Waals surface area contributed by atoms with E-state index in [1.807, 2.05) is 0 Å². The standard InChI is InChI=1S/C20H27N/c1-3-5-7-15-20(18-13-8-6-9-14-18)21-19-16-11-10-12-17(19)4-2/h6,8-14,16,20-21H,3-5,7,15H2,1-2H3. The van der Waals surface area contributed by atoms with E-state index >= 15 is 0 Å². The molecule has 1 heteroatoms. The Bertz CT molecular complexity index is 518. The summed E-state index contributed by atoms with van der Waals surface area (Å²) in [5, 5.41) is 3.77. The molecule has 0 spiro atoms. The van der Waals surface area contributed by atoms with Crippen molar-refractivity contribution in [2.24, 2.45) is 0 Å². The first-order chi connectivity index (χ1) is 10.3. The number of nitrogens with one attached hydrogen (secondary N) is 1. The molecular formula is C20H27N. The number of hydrogen-bond donors (Lipinski definition) is 1. The summed E-state index contributed by atoms with van der Waals surface area (Å²) in [4.78, 5) is 0. The maximum Gasteiger partial charge on any atom is 0.0513 e. The van der Waals surface area contributed by atoms with E-state index in [-0.39, 0.29) is 0 Å². The number of hydrogen-bond acceptors (Lipinski definition) is 1. The van der Waals surface area contributed by atoms with Crippen LogP contribution in [0.4, 0.5) is 5.69 Å². The van der Waals surface area contributed by atoms with Crippen LogP contribution >= 0.6 is 0 Å². The Morgan fingerprint density at radius 1 is 0.857 bits per heavy atom. The second-order valence-electron chi connectivity index (χ2n) is 5.61. The molecule has 0 saturated heterocycles. The molecule has 2 rings (SSSR count). The van der Waals surface area contributed by atoms with Gasteiger partial charge in [-0.25, -0.2) is 0 Å². The number of rotatable bonds is 8. The Morgan fingerprint density at radius 2 is 1.57 bits per heavy atom. The third kappa shape index (κ3) is 4.63. The minimum absolute atomic E-state index is 0.408. The molecule has 0 fully saturated rings. The fourth-order valence-corrected chi connectivity index (χ4v) is 2.76. The van der Waals surface area contributed by atoms with Crippen molar-refractivity contribution in [2.75, 3.05) is 5.32 Å². The van der Waals surface area contributed by atoms with Crippen LogP contribution in [0.3, 0.4) is 0 Å². The number of para-hydroxylation sites is 1. The smallest absolute Gasteiger partial charge is 0.0513 e. The van der Waals surface area contributed by atoms with Gasteiger partial charge < -0.3 is 5.32 Å². The van der Waals surface area contributed by atoms with Crippen LogP contribution in [-0.4, -0.2) is 0 Å². The quantitative estimate of drug-likeness (QED) is 0.587. The van der Waals surface area contributed by atoms with Crippen molar-refractivity contribution in [2.45, 2.75) is 52.0 Å². The van der Waals surface area contributed by atoms with Crippen molar-refractivity contribution < 1.29 is 0 Å². The SMILES string of the molecule is CCCCCC(Nc1ccccc1CC)c1ccccc1. The van der Waals surface area contributed by atoms with Gasteiger partial charge in [0.05, 0.1) is 6.04 Å². The van der Waals surface area contributed by atoms with Crippen LogP contribution in [0.2, 0.25) is 0 Å². The zero-order valence-corrected chi connectivity index (χ0v) is 13.3. The summed E-state index contributed by atoms with van der Waals surface area (Å²) in [7, 11) is 0. The predicted octanol–water partition coefficient (Wildman–Crippen LogP) is 5.98. The van der Waals surface area contributed by atoms with Crippen LogP contribution in [0, 0.1) is 0 Å². The van der Waals surface area contributed by atoms with Crippen LogP contribution in [0.1, 0.15) is 56.7 Å². The fourth-order valence-electron chi connectivity index (χ4n) is 2.76. The fraction of sp³-hybridized carbons (Fsp3) is 0.400. The lowest BCUT2D eigenvalue weighted by molar-refractivity contribution is 0.606. The molecule has 112 valence electrons. The molecule has 0 bridgehead atoms. The molecule has 1 N–H and O–H groups in total. The van der Waals surface area contributed by atoms with Crippen molar-refractivity contribution in [3.05, 3.63) is 65.7 Å². The zero-order valence-electron chi connectivity index (χ0n) is 13.3. The van der Waals surface area contributed by atoms with Gasteiger partial charge in [-0.3, -0.25) is 0 Å². The highest BCUT2D eigenvalue weighted by molar-refractivity contribution is 5.52. The number of benzene rings is 2. The lowest BCUT2D eigenvalue weighted by Crippen LogP contribution is -2.12. The van der Waals surface area contributed by atoms with Gasteiger partial charge in [0, 0.05) is 5.69 Å². The maximum atomic E-state index is 3.77. The molecule has 0 heterocycles. The van der Waals surface area contributed by atoms with E-state index in [0.29, 0.717) is 6.04 Å². The van der Waals surface area contributed by atoms with Gasteiger partial charge in [0.15, 0.2) is 0 Å². The molecule has 0 aliphatic rings. The van der Waals surface area contributed by atoms with E-state index in [1.165, 1.54) is 42.5 Å². The lowest BCUT2D eigenvalue weighted by Gasteiger charge is -2.22. The lowest BCUT2D eigenvalue weighted by atomic mass is 9.99. The molecule has 1 unspecified atom stereocenters. The van der Waals surface area contributed by atoms with E-state index in [0.717, 1.165) is 6.42 Å². The van der Waals surface area contributed by atoms with E-state index in [4.69, 9.17) is 0 Å². The van der Waals surface area contributed by atoms with Crippen LogP contribution in [-0.2, 0) is 6.42 Å². The Hall–Kier alpha value is -1.76. The third-order valence-corrected chi connectivity index (χ3v) is 4.03. The molecule has 0 aliphatic heterocycles. The Balaban J connectivity index is 2.15. The minimum atomic E-state index is 0.408. The molecule has 1 nitrogen and oxygen atoms in total. The first-order valence-corrected chi connectivity index (χ1v) is 8.24. The second-order valence-corrected chi connectivity index (χ2v) is 5.61. The summed E-state index contributed by atoms with van der Waals surface area (Å²) < 4.78 is 0. The van der Waals surface area contributed by atoms with Crippen LogP contribution in [0.15, 0.2) is 54.6 Å². The van der Waals surface area contributed by atoms with E-state index in [9.17, 15) is 0 Å². The highest BCUT2D eigenvalue weighted by atomic mass is 14.9. The maximum absolute atomic E-state index is 3.77. The summed E-state index contributed by atoms with van der Waals surface area (Å²) in [6, 6.07) is 19.9. The van der Waals surface area contributed by atoms with Crippen LogP contribution in [0.5, 0.6) is 0 Å². The van der Waals surface area contributed by atoms with Gasteiger partial charge in [0.2, 0.25) is 0 Å². The largest absolute Gasteiger partial charge is 0.378 e. The normalized spacial score (nSPS) is 12.1.